The second-order valence-corrected chi connectivity index (χ2v) is 10.0. The Morgan fingerprint density at radius 2 is 1.67 bits per heavy atom. The van der Waals surface area contributed by atoms with Crippen molar-refractivity contribution in [3.8, 4) is 0 Å². The van der Waals surface area contributed by atoms with Crippen LogP contribution in [0.1, 0.15) is 59.9 Å². The highest BCUT2D eigenvalue weighted by Crippen LogP contribution is 2.33. The minimum absolute atomic E-state index is 0.0190. The van der Waals surface area contributed by atoms with Crippen molar-refractivity contribution in [3.63, 3.8) is 0 Å². The summed E-state index contributed by atoms with van der Waals surface area (Å²) >= 11 is 0. The van der Waals surface area contributed by atoms with Crippen LogP contribution in [0.2, 0.25) is 0 Å². The molecule has 2 aromatic heterocycles. The Morgan fingerprint density at radius 3 is 2.33 bits per heavy atom. The Morgan fingerprint density at radius 1 is 0.974 bits per heavy atom. The summed E-state index contributed by atoms with van der Waals surface area (Å²) in [5.41, 5.74) is 1.38. The summed E-state index contributed by atoms with van der Waals surface area (Å²) in [5, 5.41) is 3.52. The summed E-state index contributed by atoms with van der Waals surface area (Å²) in [6.45, 7) is 1.90. The number of likely N-dealkylation sites (tertiary alicyclic amines) is 1. The van der Waals surface area contributed by atoms with E-state index >= 15 is 0 Å². The number of fused-ring (bicyclic) bond motifs is 1. The first-order chi connectivity index (χ1) is 18.6. The summed E-state index contributed by atoms with van der Waals surface area (Å²) in [6, 6.07) is 8.37. The zero-order valence-electron chi connectivity index (χ0n) is 21.2. The number of alkyl halides is 5. The van der Waals surface area contributed by atoms with Gasteiger partial charge in [-0.05, 0) is 43.5 Å². The van der Waals surface area contributed by atoms with Crippen molar-refractivity contribution < 1.29 is 26.7 Å². The lowest BCUT2D eigenvalue weighted by atomic mass is 10.0. The van der Waals surface area contributed by atoms with E-state index in [1.165, 1.54) is 6.42 Å². The van der Waals surface area contributed by atoms with Gasteiger partial charge in [0.1, 0.15) is 5.82 Å². The first-order valence-corrected chi connectivity index (χ1v) is 13.0. The number of nitrogens with one attached hydrogen (secondary N) is 1. The van der Waals surface area contributed by atoms with E-state index < -0.39 is 29.9 Å². The first-order valence-electron chi connectivity index (χ1n) is 13.0. The molecule has 12 heteroatoms. The SMILES string of the molecule is O=C(NCC(c1cnc(C(F)(F)F)nc1)N1CCC(F)(F)CC1)c1cccc2nc(N3CCCCC3)ccc12. The maximum absolute atomic E-state index is 13.8. The highest BCUT2D eigenvalue weighted by molar-refractivity contribution is 6.06. The molecule has 0 radical (unpaired) electrons. The van der Waals surface area contributed by atoms with Crippen LogP contribution in [0.3, 0.4) is 0 Å². The standard InChI is InChI=1S/C27H29F5N6O/c28-26(29)9-13-37(14-10-26)22(18-15-34-25(35-16-18)27(30,31)32)17-33-24(39)20-5-4-6-21-19(20)7-8-23(36-21)38-11-2-1-3-12-38/h4-8,15-16,22H,1-3,9-14,17H2,(H,33,39). The van der Waals surface area contributed by atoms with Gasteiger partial charge >= 0.3 is 6.18 Å². The number of rotatable bonds is 6. The average Bonchev–Trinajstić information content (AvgIpc) is 2.93. The summed E-state index contributed by atoms with van der Waals surface area (Å²) in [5.74, 6) is -3.62. The van der Waals surface area contributed by atoms with Gasteiger partial charge in [0.2, 0.25) is 5.82 Å². The number of aromatic nitrogens is 3. The molecule has 1 aromatic carbocycles. The minimum atomic E-state index is -4.70. The van der Waals surface area contributed by atoms with E-state index in [-0.39, 0.29) is 32.5 Å². The molecule has 1 atom stereocenters. The van der Waals surface area contributed by atoms with Gasteiger partial charge in [0.15, 0.2) is 0 Å². The maximum atomic E-state index is 13.8. The molecule has 2 aliphatic rings. The second-order valence-electron chi connectivity index (χ2n) is 10.0. The molecule has 2 aliphatic heterocycles. The van der Waals surface area contributed by atoms with Gasteiger partial charge in [0, 0.05) is 74.5 Å². The fourth-order valence-corrected chi connectivity index (χ4v) is 5.20. The Hall–Kier alpha value is -3.41. The van der Waals surface area contributed by atoms with Gasteiger partial charge in [-0.25, -0.2) is 23.7 Å². The number of anilines is 1. The number of hydrogen-bond donors (Lipinski definition) is 1. The molecule has 7 nitrogen and oxygen atoms in total. The van der Waals surface area contributed by atoms with Gasteiger partial charge in [0.25, 0.3) is 11.8 Å². The quantitative estimate of drug-likeness (QED) is 0.425. The Balaban J connectivity index is 1.35. The fraction of sp³-hybridized carbons (Fsp3) is 0.481. The van der Waals surface area contributed by atoms with Crippen molar-refractivity contribution in [2.45, 2.75) is 50.2 Å². The van der Waals surface area contributed by atoms with Crippen LogP contribution in [0.25, 0.3) is 10.9 Å². The second kappa shape index (κ2) is 11.0. The number of carbonyl (C=O) groups excluding carboxylic acids is 1. The molecule has 2 fully saturated rings. The van der Waals surface area contributed by atoms with Gasteiger partial charge in [-0.1, -0.05) is 6.07 Å². The Bertz CT molecular complexity index is 1300. The molecule has 0 bridgehead atoms. The van der Waals surface area contributed by atoms with Crippen molar-refractivity contribution >= 4 is 22.6 Å². The predicted molar refractivity (Wildman–Crippen MR) is 136 cm³/mol. The van der Waals surface area contributed by atoms with Crippen LogP contribution in [0.4, 0.5) is 27.8 Å². The average molecular weight is 549 g/mol. The van der Waals surface area contributed by atoms with Crippen molar-refractivity contribution in [2.75, 3.05) is 37.6 Å². The largest absolute Gasteiger partial charge is 0.451 e. The molecule has 2 saturated heterocycles. The number of nitrogens with zero attached hydrogens (tertiary/aromatic N) is 5. The monoisotopic (exact) mass is 548 g/mol. The first kappa shape index (κ1) is 27.2. The fourth-order valence-electron chi connectivity index (χ4n) is 5.20. The Kier molecular flexibility index (Phi) is 7.66. The minimum Gasteiger partial charge on any atom is -0.357 e. The predicted octanol–water partition coefficient (Wildman–Crippen LogP) is 5.24. The zero-order valence-corrected chi connectivity index (χ0v) is 21.2. The maximum Gasteiger partial charge on any atom is 0.451 e. The molecule has 39 heavy (non-hydrogen) atoms. The summed E-state index contributed by atoms with van der Waals surface area (Å²) in [6.07, 6.45) is 0.0523. The lowest BCUT2D eigenvalue weighted by Gasteiger charge is -2.37. The smallest absolute Gasteiger partial charge is 0.357 e. The number of hydrogen-bond acceptors (Lipinski definition) is 6. The van der Waals surface area contributed by atoms with Gasteiger partial charge in [0.05, 0.1) is 11.6 Å². The van der Waals surface area contributed by atoms with Crippen molar-refractivity contribution in [2.24, 2.45) is 0 Å². The highest BCUT2D eigenvalue weighted by Gasteiger charge is 2.38. The number of benzene rings is 1. The summed E-state index contributed by atoms with van der Waals surface area (Å²) in [4.78, 5) is 28.9. The lowest BCUT2D eigenvalue weighted by Crippen LogP contribution is -2.45. The third-order valence-corrected chi connectivity index (χ3v) is 7.38. The van der Waals surface area contributed by atoms with Crippen LogP contribution >= 0.6 is 0 Å². The number of piperidine rings is 2. The van der Waals surface area contributed by atoms with E-state index in [0.29, 0.717) is 22.0 Å². The van der Waals surface area contributed by atoms with Crippen molar-refractivity contribution in [1.82, 2.24) is 25.2 Å². The number of carbonyl (C=O) groups is 1. The van der Waals surface area contributed by atoms with Crippen LogP contribution in [0.15, 0.2) is 42.7 Å². The van der Waals surface area contributed by atoms with E-state index in [9.17, 15) is 26.7 Å². The third kappa shape index (κ3) is 6.26. The van der Waals surface area contributed by atoms with E-state index in [1.807, 2.05) is 18.2 Å². The Labute approximate surface area is 222 Å². The molecule has 1 N–H and O–H groups in total. The van der Waals surface area contributed by atoms with Gasteiger partial charge < -0.3 is 10.2 Å². The molecule has 1 amide bonds. The summed E-state index contributed by atoms with van der Waals surface area (Å²) in [7, 11) is 0. The van der Waals surface area contributed by atoms with Crippen LogP contribution in [0.5, 0.6) is 0 Å². The topological polar surface area (TPSA) is 74.2 Å². The van der Waals surface area contributed by atoms with Crippen LogP contribution in [0, 0.1) is 0 Å². The third-order valence-electron chi connectivity index (χ3n) is 7.38. The number of pyridine rings is 1. The van der Waals surface area contributed by atoms with Crippen molar-refractivity contribution in [3.05, 3.63) is 59.7 Å². The molecule has 0 spiro atoms. The molecular formula is C27H29F5N6O. The zero-order chi connectivity index (χ0) is 27.6. The molecular weight excluding hydrogens is 519 g/mol. The highest BCUT2D eigenvalue weighted by atomic mass is 19.4. The number of amides is 1. The molecule has 1 unspecified atom stereocenters. The van der Waals surface area contributed by atoms with Crippen LogP contribution in [-0.4, -0.2) is 64.4 Å². The molecule has 0 saturated carbocycles. The van der Waals surface area contributed by atoms with E-state index in [4.69, 9.17) is 4.98 Å². The molecule has 208 valence electrons. The molecule has 4 heterocycles. The molecule has 3 aromatic rings. The van der Waals surface area contributed by atoms with Gasteiger partial charge in [-0.15, -0.1) is 0 Å². The van der Waals surface area contributed by atoms with E-state index in [2.05, 4.69) is 20.2 Å². The normalized spacial score (nSPS) is 19.2. The van der Waals surface area contributed by atoms with Crippen LogP contribution < -0.4 is 10.2 Å². The number of halogens is 5. The van der Waals surface area contributed by atoms with Gasteiger partial charge in [-0.3, -0.25) is 9.69 Å². The molecule has 5 rings (SSSR count). The summed E-state index contributed by atoms with van der Waals surface area (Å²) < 4.78 is 66.5. The van der Waals surface area contributed by atoms with Crippen molar-refractivity contribution in [1.29, 1.82) is 0 Å². The van der Waals surface area contributed by atoms with E-state index in [0.717, 1.165) is 44.1 Å². The van der Waals surface area contributed by atoms with Crippen LogP contribution in [-0.2, 0) is 6.18 Å². The van der Waals surface area contributed by atoms with Gasteiger partial charge in [-0.2, -0.15) is 13.2 Å². The molecule has 0 aliphatic carbocycles. The van der Waals surface area contributed by atoms with E-state index in [1.54, 1.807) is 17.0 Å². The lowest BCUT2D eigenvalue weighted by molar-refractivity contribution is -0.145.